The fourth-order valence-corrected chi connectivity index (χ4v) is 6.08. The predicted octanol–water partition coefficient (Wildman–Crippen LogP) is 7.35. The van der Waals surface area contributed by atoms with Crippen molar-refractivity contribution >= 4 is 17.5 Å². The maximum atomic E-state index is 14.5. The van der Waals surface area contributed by atoms with E-state index in [1.807, 2.05) is 51.2 Å². The monoisotopic (exact) mass is 691 g/mol. The Morgan fingerprint density at radius 3 is 2.36 bits per heavy atom. The van der Waals surface area contributed by atoms with Crippen LogP contribution < -0.4 is 10.1 Å². The average Bonchev–Trinajstić information content (AvgIpc) is 3.07. The highest BCUT2D eigenvalue weighted by atomic mass is 19.4. The third-order valence-corrected chi connectivity index (χ3v) is 8.94. The van der Waals surface area contributed by atoms with Gasteiger partial charge in [-0.2, -0.15) is 13.2 Å². The SMILES string of the molecule is Cc1ccc(F)c(-c2ccc(CN(C)C[C@H]3Oc4c(NC(=O)Cc5ccc(C(F)(F)F)cc5)cccc4C(=O)N([C@@H](C)CO)C[C@H]3C)cc2)c1. The lowest BCUT2D eigenvalue weighted by atomic mass is 9.98. The maximum Gasteiger partial charge on any atom is 0.416 e. The van der Waals surface area contributed by atoms with Gasteiger partial charge in [-0.25, -0.2) is 4.39 Å². The van der Waals surface area contributed by atoms with Crippen LogP contribution in [0, 0.1) is 18.7 Å². The number of likely N-dealkylation sites (N-methyl/N-ethyl adjacent to an activating group) is 1. The lowest BCUT2D eigenvalue weighted by molar-refractivity contribution is -0.137. The van der Waals surface area contributed by atoms with Crippen LogP contribution in [0.3, 0.4) is 0 Å². The van der Waals surface area contributed by atoms with Gasteiger partial charge in [0.1, 0.15) is 11.9 Å². The van der Waals surface area contributed by atoms with Crippen LogP contribution in [0.5, 0.6) is 5.75 Å². The number of nitrogens with zero attached hydrogens (tertiary/aromatic N) is 2. The summed E-state index contributed by atoms with van der Waals surface area (Å²) in [7, 11) is 1.95. The second-order valence-corrected chi connectivity index (χ2v) is 13.1. The molecule has 0 aromatic heterocycles. The summed E-state index contributed by atoms with van der Waals surface area (Å²) < 4.78 is 60.1. The fraction of sp³-hybridized carbons (Fsp3) is 0.333. The zero-order chi connectivity index (χ0) is 36.2. The summed E-state index contributed by atoms with van der Waals surface area (Å²) in [5.74, 6) is -1.14. The van der Waals surface area contributed by atoms with Crippen LogP contribution in [-0.2, 0) is 23.9 Å². The van der Waals surface area contributed by atoms with E-state index in [4.69, 9.17) is 4.74 Å². The first-order valence-corrected chi connectivity index (χ1v) is 16.4. The van der Waals surface area contributed by atoms with Crippen molar-refractivity contribution in [1.82, 2.24) is 9.80 Å². The van der Waals surface area contributed by atoms with Crippen LogP contribution in [-0.4, -0.2) is 65.6 Å². The third kappa shape index (κ3) is 8.70. The number of benzene rings is 4. The normalized spacial score (nSPS) is 17.1. The van der Waals surface area contributed by atoms with Crippen molar-refractivity contribution in [2.75, 3.05) is 32.1 Å². The predicted molar refractivity (Wildman–Crippen MR) is 184 cm³/mol. The number of fused-ring (bicyclic) bond motifs is 1. The Morgan fingerprint density at radius 2 is 1.70 bits per heavy atom. The molecule has 264 valence electrons. The first-order valence-electron chi connectivity index (χ1n) is 16.4. The number of hydrogen-bond donors (Lipinski definition) is 2. The first kappa shape index (κ1) is 36.5. The molecule has 0 saturated carbocycles. The van der Waals surface area contributed by atoms with Gasteiger partial charge in [0.05, 0.1) is 35.9 Å². The molecule has 0 bridgehead atoms. The third-order valence-electron chi connectivity index (χ3n) is 8.94. The fourth-order valence-electron chi connectivity index (χ4n) is 6.08. The molecule has 0 unspecified atom stereocenters. The number of amides is 2. The summed E-state index contributed by atoms with van der Waals surface area (Å²) >= 11 is 0. The second kappa shape index (κ2) is 15.4. The minimum Gasteiger partial charge on any atom is -0.486 e. The molecule has 5 rings (SSSR count). The van der Waals surface area contributed by atoms with Gasteiger partial charge in [-0.15, -0.1) is 0 Å². The summed E-state index contributed by atoms with van der Waals surface area (Å²) in [4.78, 5) is 30.6. The Labute approximate surface area is 289 Å². The van der Waals surface area contributed by atoms with Crippen LogP contribution in [0.25, 0.3) is 11.1 Å². The van der Waals surface area contributed by atoms with E-state index in [9.17, 15) is 32.3 Å². The summed E-state index contributed by atoms with van der Waals surface area (Å²) in [5, 5.41) is 12.8. The number of aliphatic hydroxyl groups excluding tert-OH is 1. The van der Waals surface area contributed by atoms with E-state index in [-0.39, 0.29) is 47.7 Å². The quantitative estimate of drug-likeness (QED) is 0.170. The van der Waals surface area contributed by atoms with Gasteiger partial charge in [-0.1, -0.05) is 61.0 Å². The Kier molecular flexibility index (Phi) is 11.3. The molecule has 0 radical (unpaired) electrons. The number of anilines is 1. The number of hydrogen-bond acceptors (Lipinski definition) is 5. The zero-order valence-corrected chi connectivity index (χ0v) is 28.4. The Balaban J connectivity index is 1.36. The van der Waals surface area contributed by atoms with Gasteiger partial charge in [-0.3, -0.25) is 14.5 Å². The van der Waals surface area contributed by atoms with Gasteiger partial charge >= 0.3 is 6.18 Å². The number of carbonyl (C=O) groups excluding carboxylic acids is 2. The number of aryl methyl sites for hydroxylation is 1. The van der Waals surface area contributed by atoms with Crippen LogP contribution in [0.1, 0.15) is 46.5 Å². The topological polar surface area (TPSA) is 82.1 Å². The summed E-state index contributed by atoms with van der Waals surface area (Å²) in [5.41, 5.74) is 3.35. The molecule has 11 heteroatoms. The van der Waals surface area contributed by atoms with Gasteiger partial charge in [0, 0.05) is 31.1 Å². The van der Waals surface area contributed by atoms with Crippen molar-refractivity contribution in [3.8, 4) is 16.9 Å². The number of alkyl halides is 3. The van der Waals surface area contributed by atoms with E-state index in [1.54, 1.807) is 36.1 Å². The number of aliphatic hydroxyl groups is 1. The van der Waals surface area contributed by atoms with Crippen molar-refractivity contribution in [2.24, 2.45) is 5.92 Å². The van der Waals surface area contributed by atoms with Gasteiger partial charge in [-0.05, 0) is 74.0 Å². The smallest absolute Gasteiger partial charge is 0.416 e. The van der Waals surface area contributed by atoms with Gasteiger partial charge in [0.15, 0.2) is 5.75 Å². The minimum absolute atomic E-state index is 0.183. The van der Waals surface area contributed by atoms with Crippen molar-refractivity contribution in [2.45, 2.75) is 52.1 Å². The number of para-hydroxylation sites is 1. The average molecular weight is 692 g/mol. The standard InChI is InChI=1S/C39H41F4N3O4/c1-24-8-17-33(40)32(18-24)29-13-9-28(10-14-29)21-45(4)22-35-25(2)20-46(26(3)23-47)38(49)31-6-5-7-34(37(31)50-35)44-36(48)19-27-11-15-30(16-12-27)39(41,42)43/h5-18,25-26,35,47H,19-23H2,1-4H3,(H,44,48)/t25-,26+,35-/m1/s1. The van der Waals surface area contributed by atoms with E-state index in [0.29, 0.717) is 30.8 Å². The Hall–Kier alpha value is -4.74. The largest absolute Gasteiger partial charge is 0.486 e. The lowest BCUT2D eigenvalue weighted by Crippen LogP contribution is -2.49. The van der Waals surface area contributed by atoms with Crippen molar-refractivity contribution < 1.29 is 37.0 Å². The summed E-state index contributed by atoms with van der Waals surface area (Å²) in [6.45, 7) is 6.71. The van der Waals surface area contributed by atoms with Crippen molar-refractivity contribution in [3.63, 3.8) is 0 Å². The van der Waals surface area contributed by atoms with Gasteiger partial charge in [0.2, 0.25) is 5.91 Å². The molecule has 50 heavy (non-hydrogen) atoms. The zero-order valence-electron chi connectivity index (χ0n) is 28.4. The van der Waals surface area contributed by atoms with Crippen LogP contribution in [0.2, 0.25) is 0 Å². The van der Waals surface area contributed by atoms with Gasteiger partial charge in [0.25, 0.3) is 5.91 Å². The van der Waals surface area contributed by atoms with E-state index in [0.717, 1.165) is 28.8 Å². The molecule has 7 nitrogen and oxygen atoms in total. The molecule has 3 atom stereocenters. The molecule has 1 aliphatic rings. The van der Waals surface area contributed by atoms with Crippen molar-refractivity contribution in [3.05, 3.63) is 119 Å². The molecule has 0 saturated heterocycles. The Bertz CT molecular complexity index is 1810. The number of nitrogens with one attached hydrogen (secondary N) is 1. The molecule has 2 amide bonds. The summed E-state index contributed by atoms with van der Waals surface area (Å²) in [6.07, 6.45) is -5.13. The highest BCUT2D eigenvalue weighted by Crippen LogP contribution is 2.35. The molecule has 0 aliphatic carbocycles. The van der Waals surface area contributed by atoms with E-state index in [1.165, 1.54) is 18.2 Å². The van der Waals surface area contributed by atoms with E-state index in [2.05, 4.69) is 10.2 Å². The molecule has 4 aromatic carbocycles. The number of carbonyl (C=O) groups is 2. The molecule has 0 spiro atoms. The van der Waals surface area contributed by atoms with E-state index >= 15 is 0 Å². The highest BCUT2D eigenvalue weighted by Gasteiger charge is 2.35. The number of ether oxygens (including phenoxy) is 1. The number of rotatable bonds is 10. The molecule has 2 N–H and O–H groups in total. The molecule has 1 aliphatic heterocycles. The van der Waals surface area contributed by atoms with Crippen LogP contribution >= 0.6 is 0 Å². The van der Waals surface area contributed by atoms with Gasteiger partial charge < -0.3 is 20.1 Å². The molecule has 1 heterocycles. The maximum absolute atomic E-state index is 14.5. The first-order chi connectivity index (χ1) is 23.7. The molecular weight excluding hydrogens is 650 g/mol. The molecule has 0 fully saturated rings. The van der Waals surface area contributed by atoms with E-state index < -0.39 is 29.8 Å². The van der Waals surface area contributed by atoms with Crippen LogP contribution in [0.4, 0.5) is 23.2 Å². The lowest BCUT2D eigenvalue weighted by Gasteiger charge is -2.38. The molecule has 4 aromatic rings. The Morgan fingerprint density at radius 1 is 1.02 bits per heavy atom. The minimum atomic E-state index is -4.49. The number of halogens is 4. The summed E-state index contributed by atoms with van der Waals surface area (Å²) in [6, 6.07) is 21.5. The molecular formula is C39H41F4N3O4. The second-order valence-electron chi connectivity index (χ2n) is 13.1. The van der Waals surface area contributed by atoms with Crippen LogP contribution in [0.15, 0.2) is 84.9 Å². The van der Waals surface area contributed by atoms with Crippen molar-refractivity contribution in [1.29, 1.82) is 0 Å². The highest BCUT2D eigenvalue weighted by molar-refractivity contribution is 6.02.